The van der Waals surface area contributed by atoms with Gasteiger partial charge in [-0.2, -0.15) is 0 Å². The molecule has 17 heavy (non-hydrogen) atoms. The second kappa shape index (κ2) is 5.27. The number of carbonyl (C=O) groups excluding carboxylic acids is 1. The van der Waals surface area contributed by atoms with E-state index >= 15 is 0 Å². The van der Waals surface area contributed by atoms with Crippen LogP contribution in [-0.2, 0) is 4.79 Å². The highest BCUT2D eigenvalue weighted by Crippen LogP contribution is 2.22. The summed E-state index contributed by atoms with van der Waals surface area (Å²) in [5.74, 6) is 0.0117. The molecular weight excluding hydrogens is 280 g/mol. The van der Waals surface area contributed by atoms with E-state index in [1.54, 1.807) is 0 Å². The molecule has 1 heterocycles. The lowest BCUT2D eigenvalue weighted by molar-refractivity contribution is -0.115. The van der Waals surface area contributed by atoms with E-state index in [0.29, 0.717) is 11.8 Å². The minimum absolute atomic E-state index is 0.0117. The lowest BCUT2D eigenvalue weighted by atomic mass is 10.1. The summed E-state index contributed by atoms with van der Waals surface area (Å²) >= 11 is 3.25. The molecule has 0 saturated heterocycles. The van der Waals surface area contributed by atoms with Crippen molar-refractivity contribution in [1.29, 1.82) is 0 Å². The van der Waals surface area contributed by atoms with Crippen LogP contribution in [0.3, 0.4) is 0 Å². The molecule has 1 aromatic carbocycles. The smallest absolute Gasteiger partial charge is 0.225 e. The molecule has 0 saturated carbocycles. The third kappa shape index (κ3) is 2.82. The van der Waals surface area contributed by atoms with Gasteiger partial charge in [-0.15, -0.1) is 0 Å². The van der Waals surface area contributed by atoms with Crippen LogP contribution in [0.1, 0.15) is 12.1 Å². The maximum Gasteiger partial charge on any atom is 0.225 e. The van der Waals surface area contributed by atoms with Crippen molar-refractivity contribution in [1.82, 2.24) is 4.98 Å². The highest BCUT2D eigenvalue weighted by Gasteiger charge is 2.06. The monoisotopic (exact) mass is 292 g/mol. The third-order valence-corrected chi connectivity index (χ3v) is 2.84. The van der Waals surface area contributed by atoms with Gasteiger partial charge in [0.15, 0.2) is 0 Å². The number of para-hydroxylation sites is 1. The summed E-state index contributed by atoms with van der Waals surface area (Å²) in [6, 6.07) is 9.70. The molecule has 0 aliphatic rings. The van der Waals surface area contributed by atoms with Gasteiger partial charge in [-0.25, -0.2) is 0 Å². The van der Waals surface area contributed by atoms with Crippen molar-refractivity contribution in [3.63, 3.8) is 0 Å². The van der Waals surface area contributed by atoms with E-state index in [0.717, 1.165) is 22.3 Å². The van der Waals surface area contributed by atoms with Crippen LogP contribution in [-0.4, -0.2) is 16.2 Å². The molecule has 2 rings (SSSR count). The Morgan fingerprint density at radius 1 is 1.41 bits per heavy atom. The SMILES string of the molecule is Cc1cc(NC(=O)CCBr)c2ccccc2n1. The molecule has 1 amide bonds. The van der Waals surface area contributed by atoms with Gasteiger partial charge in [0.25, 0.3) is 0 Å². The number of aromatic nitrogens is 1. The highest BCUT2D eigenvalue weighted by molar-refractivity contribution is 9.09. The molecule has 0 radical (unpaired) electrons. The topological polar surface area (TPSA) is 42.0 Å². The predicted octanol–water partition coefficient (Wildman–Crippen LogP) is 3.27. The predicted molar refractivity (Wildman–Crippen MR) is 73.5 cm³/mol. The van der Waals surface area contributed by atoms with Gasteiger partial charge < -0.3 is 5.32 Å². The fourth-order valence-electron chi connectivity index (χ4n) is 1.71. The molecule has 1 aromatic heterocycles. The van der Waals surface area contributed by atoms with E-state index in [2.05, 4.69) is 26.2 Å². The number of halogens is 1. The lowest BCUT2D eigenvalue weighted by Crippen LogP contribution is -2.12. The largest absolute Gasteiger partial charge is 0.325 e. The second-order valence-electron chi connectivity index (χ2n) is 3.82. The maximum absolute atomic E-state index is 11.6. The van der Waals surface area contributed by atoms with Gasteiger partial charge in [-0.3, -0.25) is 9.78 Å². The zero-order chi connectivity index (χ0) is 12.3. The Bertz CT molecular complexity index is 554. The Kier molecular flexibility index (Phi) is 3.74. The molecule has 0 aliphatic heterocycles. The van der Waals surface area contributed by atoms with Crippen LogP contribution in [0.5, 0.6) is 0 Å². The number of carbonyl (C=O) groups is 1. The molecule has 0 unspecified atom stereocenters. The fourth-order valence-corrected chi connectivity index (χ4v) is 2.07. The number of hydrogen-bond donors (Lipinski definition) is 1. The van der Waals surface area contributed by atoms with Crippen molar-refractivity contribution >= 4 is 38.4 Å². The molecule has 0 spiro atoms. The quantitative estimate of drug-likeness (QED) is 0.882. The molecule has 3 nitrogen and oxygen atoms in total. The molecule has 88 valence electrons. The molecule has 4 heteroatoms. The van der Waals surface area contributed by atoms with Crippen LogP contribution in [0.25, 0.3) is 10.9 Å². The summed E-state index contributed by atoms with van der Waals surface area (Å²) in [5.41, 5.74) is 2.64. The van der Waals surface area contributed by atoms with Crippen LogP contribution in [0, 0.1) is 6.92 Å². The van der Waals surface area contributed by atoms with Crippen molar-refractivity contribution < 1.29 is 4.79 Å². The number of aryl methyl sites for hydroxylation is 1. The van der Waals surface area contributed by atoms with Crippen LogP contribution in [0.4, 0.5) is 5.69 Å². The average Bonchev–Trinajstić information content (AvgIpc) is 2.29. The average molecular weight is 293 g/mol. The number of rotatable bonds is 3. The second-order valence-corrected chi connectivity index (χ2v) is 4.61. The van der Waals surface area contributed by atoms with E-state index in [9.17, 15) is 4.79 Å². The Morgan fingerprint density at radius 3 is 2.94 bits per heavy atom. The molecule has 0 fully saturated rings. The summed E-state index contributed by atoms with van der Waals surface area (Å²) in [4.78, 5) is 16.0. The molecular formula is C13H13BrN2O. The first kappa shape index (κ1) is 12.0. The lowest BCUT2D eigenvalue weighted by Gasteiger charge is -2.09. The minimum Gasteiger partial charge on any atom is -0.325 e. The summed E-state index contributed by atoms with van der Waals surface area (Å²) in [6.07, 6.45) is 0.468. The van der Waals surface area contributed by atoms with Gasteiger partial charge in [-0.05, 0) is 19.1 Å². The number of amides is 1. The number of anilines is 1. The Balaban J connectivity index is 2.42. The van der Waals surface area contributed by atoms with Gasteiger partial charge in [0.05, 0.1) is 11.2 Å². The van der Waals surface area contributed by atoms with Crippen molar-refractivity contribution in [2.24, 2.45) is 0 Å². The Hall–Kier alpha value is -1.42. The number of nitrogens with one attached hydrogen (secondary N) is 1. The number of pyridine rings is 1. The summed E-state index contributed by atoms with van der Waals surface area (Å²) in [6.45, 7) is 1.92. The highest BCUT2D eigenvalue weighted by atomic mass is 79.9. The van der Waals surface area contributed by atoms with E-state index in [-0.39, 0.29) is 5.91 Å². The van der Waals surface area contributed by atoms with Gasteiger partial charge in [0.1, 0.15) is 0 Å². The van der Waals surface area contributed by atoms with E-state index in [1.165, 1.54) is 0 Å². The van der Waals surface area contributed by atoms with E-state index in [1.807, 2.05) is 37.3 Å². The van der Waals surface area contributed by atoms with Crippen molar-refractivity contribution in [2.75, 3.05) is 10.6 Å². The first-order chi connectivity index (χ1) is 8.20. The zero-order valence-electron chi connectivity index (χ0n) is 9.53. The minimum atomic E-state index is 0.0117. The summed E-state index contributed by atoms with van der Waals surface area (Å²) in [5, 5.41) is 4.56. The van der Waals surface area contributed by atoms with Gasteiger partial charge >= 0.3 is 0 Å². The first-order valence-corrected chi connectivity index (χ1v) is 6.55. The molecule has 1 N–H and O–H groups in total. The van der Waals surface area contributed by atoms with Crippen molar-refractivity contribution in [3.05, 3.63) is 36.0 Å². The van der Waals surface area contributed by atoms with Crippen LogP contribution in [0.15, 0.2) is 30.3 Å². The van der Waals surface area contributed by atoms with E-state index < -0.39 is 0 Å². The van der Waals surface area contributed by atoms with Gasteiger partial charge in [0, 0.05) is 22.8 Å². The van der Waals surface area contributed by atoms with Crippen molar-refractivity contribution in [2.45, 2.75) is 13.3 Å². The van der Waals surface area contributed by atoms with E-state index in [4.69, 9.17) is 0 Å². The number of nitrogens with zero attached hydrogens (tertiary/aromatic N) is 1. The molecule has 0 bridgehead atoms. The summed E-state index contributed by atoms with van der Waals surface area (Å²) in [7, 11) is 0. The number of fused-ring (bicyclic) bond motifs is 1. The standard InChI is InChI=1S/C13H13BrN2O/c1-9-8-12(16-13(17)6-7-14)10-4-2-3-5-11(10)15-9/h2-5,8H,6-7H2,1H3,(H,15,16,17). The molecule has 2 aromatic rings. The third-order valence-electron chi connectivity index (χ3n) is 2.44. The van der Waals surface area contributed by atoms with Crippen LogP contribution >= 0.6 is 15.9 Å². The summed E-state index contributed by atoms with van der Waals surface area (Å²) < 4.78 is 0. The molecule has 0 aliphatic carbocycles. The zero-order valence-corrected chi connectivity index (χ0v) is 11.1. The van der Waals surface area contributed by atoms with Crippen LogP contribution < -0.4 is 5.32 Å². The number of benzene rings is 1. The maximum atomic E-state index is 11.6. The fraction of sp³-hybridized carbons (Fsp3) is 0.231. The van der Waals surface area contributed by atoms with Gasteiger partial charge in [0.2, 0.25) is 5.91 Å². The normalized spacial score (nSPS) is 10.5. The molecule has 0 atom stereocenters. The van der Waals surface area contributed by atoms with Crippen LogP contribution in [0.2, 0.25) is 0 Å². The Morgan fingerprint density at radius 2 is 2.18 bits per heavy atom. The van der Waals surface area contributed by atoms with Crippen molar-refractivity contribution in [3.8, 4) is 0 Å². The Labute approximate surface area is 108 Å². The van der Waals surface area contributed by atoms with Gasteiger partial charge in [-0.1, -0.05) is 34.1 Å². The number of alkyl halides is 1. The first-order valence-electron chi connectivity index (χ1n) is 5.43. The number of hydrogen-bond acceptors (Lipinski definition) is 2.